The Morgan fingerprint density at radius 3 is 2.39 bits per heavy atom. The number of hydrogen-bond acceptors (Lipinski definition) is 3. The molecule has 2 aromatic carbocycles. The van der Waals surface area contributed by atoms with Gasteiger partial charge in [0.05, 0.1) is 5.56 Å². The van der Waals surface area contributed by atoms with Gasteiger partial charge in [-0.25, -0.2) is 4.39 Å². The summed E-state index contributed by atoms with van der Waals surface area (Å²) in [4.78, 5) is 12.7. The van der Waals surface area contributed by atoms with Crippen molar-refractivity contribution in [1.82, 2.24) is 9.88 Å². The predicted molar refractivity (Wildman–Crippen MR) is 105 cm³/mol. The minimum atomic E-state index is -0.304. The first-order valence-electron chi connectivity index (χ1n) is 8.70. The number of nitrogens with one attached hydrogen (secondary N) is 1. The van der Waals surface area contributed by atoms with Gasteiger partial charge in [-0.15, -0.1) is 0 Å². The summed E-state index contributed by atoms with van der Waals surface area (Å²) < 4.78 is 15.1. The van der Waals surface area contributed by atoms with E-state index in [2.05, 4.69) is 10.5 Å². The van der Waals surface area contributed by atoms with E-state index in [4.69, 9.17) is 10.9 Å². The van der Waals surface area contributed by atoms with E-state index in [0.717, 1.165) is 22.6 Å². The van der Waals surface area contributed by atoms with Crippen molar-refractivity contribution in [2.45, 2.75) is 20.4 Å². The van der Waals surface area contributed by atoms with E-state index < -0.39 is 0 Å². The van der Waals surface area contributed by atoms with Crippen molar-refractivity contribution in [3.8, 4) is 5.69 Å². The third kappa shape index (κ3) is 3.88. The van der Waals surface area contributed by atoms with Gasteiger partial charge in [-0.1, -0.05) is 29.4 Å². The van der Waals surface area contributed by atoms with Crippen molar-refractivity contribution in [2.75, 3.05) is 0 Å². The zero-order chi connectivity index (χ0) is 20.3. The van der Waals surface area contributed by atoms with E-state index in [9.17, 15) is 9.18 Å². The number of amidine groups is 1. The Labute approximate surface area is 162 Å². The summed E-state index contributed by atoms with van der Waals surface area (Å²) in [5, 5.41) is 14.5. The second-order valence-electron chi connectivity index (χ2n) is 6.46. The Kier molecular flexibility index (Phi) is 5.44. The van der Waals surface area contributed by atoms with Crippen LogP contribution in [0.1, 0.15) is 32.9 Å². The van der Waals surface area contributed by atoms with Crippen molar-refractivity contribution in [3.63, 3.8) is 0 Å². The molecule has 0 fully saturated rings. The molecule has 6 nitrogen and oxygen atoms in total. The van der Waals surface area contributed by atoms with Crippen LogP contribution in [0.3, 0.4) is 0 Å². The molecular weight excluding hydrogens is 359 g/mol. The molecule has 28 heavy (non-hydrogen) atoms. The molecule has 1 amide bonds. The van der Waals surface area contributed by atoms with Gasteiger partial charge >= 0.3 is 0 Å². The number of carbonyl (C=O) groups excluding carboxylic acids is 1. The smallest absolute Gasteiger partial charge is 0.253 e. The Balaban J connectivity index is 1.74. The van der Waals surface area contributed by atoms with Gasteiger partial charge in [0.15, 0.2) is 5.84 Å². The van der Waals surface area contributed by atoms with Crippen LogP contribution >= 0.6 is 0 Å². The SMILES string of the molecule is Cc1cc(C(=O)NCc2ccc(C(N)=NO)cc2)c(C)n1-c1ccc(F)cc1. The van der Waals surface area contributed by atoms with Crippen LogP contribution in [0.25, 0.3) is 5.69 Å². The van der Waals surface area contributed by atoms with E-state index in [0.29, 0.717) is 17.7 Å². The van der Waals surface area contributed by atoms with Crippen molar-refractivity contribution in [2.24, 2.45) is 10.9 Å². The maximum absolute atomic E-state index is 13.2. The van der Waals surface area contributed by atoms with Gasteiger partial charge < -0.3 is 20.8 Å². The predicted octanol–water partition coefficient (Wildman–Crippen LogP) is 3.26. The molecule has 0 aliphatic carbocycles. The lowest BCUT2D eigenvalue weighted by atomic mass is 10.1. The molecule has 0 aliphatic rings. The second-order valence-corrected chi connectivity index (χ2v) is 6.46. The van der Waals surface area contributed by atoms with Crippen LogP contribution in [0.2, 0.25) is 0 Å². The van der Waals surface area contributed by atoms with Gasteiger partial charge in [-0.3, -0.25) is 4.79 Å². The molecule has 7 heteroatoms. The summed E-state index contributed by atoms with van der Waals surface area (Å²) in [6.45, 7) is 4.10. The molecule has 0 atom stereocenters. The highest BCUT2D eigenvalue weighted by molar-refractivity contribution is 5.97. The first kappa shape index (κ1) is 19.2. The summed E-state index contributed by atoms with van der Waals surface area (Å²) in [6, 6.07) is 15.0. The number of amides is 1. The summed E-state index contributed by atoms with van der Waals surface area (Å²) in [5.41, 5.74) is 10.1. The molecule has 3 aromatic rings. The molecular formula is C21H21FN4O2. The number of oxime groups is 1. The standard InChI is InChI=1S/C21H21FN4O2/c1-13-11-19(14(2)26(13)18-9-7-17(22)8-10-18)21(27)24-12-15-3-5-16(6-4-15)20(23)25-28/h3-11,28H,12H2,1-2H3,(H2,23,25)(H,24,27). The lowest BCUT2D eigenvalue weighted by Gasteiger charge is -2.10. The molecule has 0 radical (unpaired) electrons. The summed E-state index contributed by atoms with van der Waals surface area (Å²) in [5.74, 6) is -0.465. The van der Waals surface area contributed by atoms with Gasteiger partial charge in [0.25, 0.3) is 5.91 Å². The first-order chi connectivity index (χ1) is 13.4. The van der Waals surface area contributed by atoms with Crippen LogP contribution in [0, 0.1) is 19.7 Å². The zero-order valence-corrected chi connectivity index (χ0v) is 15.6. The Morgan fingerprint density at radius 1 is 1.14 bits per heavy atom. The van der Waals surface area contributed by atoms with Gasteiger partial charge in [0, 0.05) is 29.2 Å². The minimum Gasteiger partial charge on any atom is -0.409 e. The normalized spacial score (nSPS) is 11.5. The van der Waals surface area contributed by atoms with Crippen LogP contribution in [0.4, 0.5) is 4.39 Å². The van der Waals surface area contributed by atoms with E-state index >= 15 is 0 Å². The number of nitrogens with two attached hydrogens (primary N) is 1. The second kappa shape index (κ2) is 7.96. The van der Waals surface area contributed by atoms with E-state index in [1.807, 2.05) is 24.5 Å². The van der Waals surface area contributed by atoms with Crippen molar-refractivity contribution >= 4 is 11.7 Å². The number of carbonyl (C=O) groups is 1. The van der Waals surface area contributed by atoms with Crippen molar-refractivity contribution in [3.05, 3.63) is 88.5 Å². The quantitative estimate of drug-likeness (QED) is 0.275. The number of hydrogen-bond donors (Lipinski definition) is 3. The van der Waals surface area contributed by atoms with E-state index in [1.165, 1.54) is 12.1 Å². The van der Waals surface area contributed by atoms with Gasteiger partial charge in [0.2, 0.25) is 0 Å². The van der Waals surface area contributed by atoms with Crippen LogP contribution in [-0.2, 0) is 6.54 Å². The molecule has 0 aliphatic heterocycles. The molecule has 3 rings (SSSR count). The fourth-order valence-corrected chi connectivity index (χ4v) is 3.11. The molecule has 1 aromatic heterocycles. The summed E-state index contributed by atoms with van der Waals surface area (Å²) >= 11 is 0. The number of aromatic nitrogens is 1. The van der Waals surface area contributed by atoms with Gasteiger partial charge in [-0.2, -0.15) is 0 Å². The van der Waals surface area contributed by atoms with Crippen LogP contribution in [0.5, 0.6) is 0 Å². The molecule has 0 unspecified atom stereocenters. The number of halogens is 1. The molecule has 144 valence electrons. The molecule has 0 spiro atoms. The topological polar surface area (TPSA) is 92.6 Å². The highest BCUT2D eigenvalue weighted by atomic mass is 19.1. The number of nitrogens with zero attached hydrogens (tertiary/aromatic N) is 2. The van der Waals surface area contributed by atoms with Crippen LogP contribution in [0.15, 0.2) is 59.8 Å². The fraction of sp³-hybridized carbons (Fsp3) is 0.143. The van der Waals surface area contributed by atoms with E-state index in [-0.39, 0.29) is 17.6 Å². The number of benzene rings is 2. The monoisotopic (exact) mass is 380 g/mol. The maximum Gasteiger partial charge on any atom is 0.253 e. The largest absolute Gasteiger partial charge is 0.409 e. The van der Waals surface area contributed by atoms with Crippen LogP contribution in [-0.4, -0.2) is 21.5 Å². The molecule has 4 N–H and O–H groups in total. The minimum absolute atomic E-state index is 0.0313. The van der Waals surface area contributed by atoms with Crippen LogP contribution < -0.4 is 11.1 Å². The number of aryl methyl sites for hydroxylation is 1. The maximum atomic E-state index is 13.2. The molecule has 0 bridgehead atoms. The zero-order valence-electron chi connectivity index (χ0n) is 15.6. The Morgan fingerprint density at radius 2 is 1.79 bits per heavy atom. The van der Waals surface area contributed by atoms with Gasteiger partial charge in [-0.05, 0) is 49.7 Å². The summed E-state index contributed by atoms with van der Waals surface area (Å²) in [7, 11) is 0. The fourth-order valence-electron chi connectivity index (χ4n) is 3.11. The Bertz CT molecular complexity index is 1020. The first-order valence-corrected chi connectivity index (χ1v) is 8.70. The third-order valence-corrected chi connectivity index (χ3v) is 4.57. The van der Waals surface area contributed by atoms with E-state index in [1.54, 1.807) is 36.4 Å². The number of rotatable bonds is 5. The lowest BCUT2D eigenvalue weighted by molar-refractivity contribution is 0.0950. The molecule has 1 heterocycles. The average molecular weight is 380 g/mol. The van der Waals surface area contributed by atoms with Crippen molar-refractivity contribution in [1.29, 1.82) is 0 Å². The highest BCUT2D eigenvalue weighted by Gasteiger charge is 2.16. The summed E-state index contributed by atoms with van der Waals surface area (Å²) in [6.07, 6.45) is 0. The van der Waals surface area contributed by atoms with Crippen molar-refractivity contribution < 1.29 is 14.4 Å². The highest BCUT2D eigenvalue weighted by Crippen LogP contribution is 2.21. The Hall–Kier alpha value is -3.61. The third-order valence-electron chi connectivity index (χ3n) is 4.57. The lowest BCUT2D eigenvalue weighted by Crippen LogP contribution is -2.23. The van der Waals surface area contributed by atoms with Gasteiger partial charge in [0.1, 0.15) is 5.82 Å². The molecule has 0 saturated carbocycles. The molecule has 0 saturated heterocycles. The average Bonchev–Trinajstić information content (AvgIpc) is 3.01.